The molecule has 2 aromatic heterocycles. The minimum Gasteiger partial charge on any atom is -0.489 e. The molecule has 0 saturated heterocycles. The second-order valence-corrected chi connectivity index (χ2v) is 17.1. The molecular formula is C61H55N3O8. The summed E-state index contributed by atoms with van der Waals surface area (Å²) in [6.45, 7) is 3.88. The van der Waals surface area contributed by atoms with Gasteiger partial charge in [-0.15, -0.1) is 0 Å². The predicted octanol–water partition coefficient (Wildman–Crippen LogP) is 12.8. The third-order valence-electron chi connectivity index (χ3n) is 12.4. The van der Waals surface area contributed by atoms with Crippen LogP contribution >= 0.6 is 0 Å². The highest BCUT2D eigenvalue weighted by Gasteiger charge is 2.40. The van der Waals surface area contributed by atoms with Crippen molar-refractivity contribution in [2.24, 2.45) is 0 Å². The molecule has 1 aliphatic rings. The largest absolute Gasteiger partial charge is 0.489 e. The Hall–Kier alpha value is -8.64. The summed E-state index contributed by atoms with van der Waals surface area (Å²) in [5, 5.41) is 9.80. The van der Waals surface area contributed by atoms with Crippen molar-refractivity contribution in [2.45, 2.75) is 40.0 Å². The Bertz CT molecular complexity index is 3500. The molecule has 72 heavy (non-hydrogen) atoms. The fourth-order valence-electron chi connectivity index (χ4n) is 8.97. The average molecular weight is 958 g/mol. The van der Waals surface area contributed by atoms with E-state index < -0.39 is 0 Å². The topological polar surface area (TPSA) is 124 Å². The number of rotatable bonds is 15. The first kappa shape index (κ1) is 48.4. The van der Waals surface area contributed by atoms with E-state index in [4.69, 9.17) is 28.8 Å². The van der Waals surface area contributed by atoms with Crippen LogP contribution in [0.5, 0.6) is 11.5 Å². The van der Waals surface area contributed by atoms with Gasteiger partial charge in [0, 0.05) is 54.9 Å². The Morgan fingerprint density at radius 2 is 0.944 bits per heavy atom. The van der Waals surface area contributed by atoms with Crippen LogP contribution in [0.25, 0.3) is 49.5 Å². The molecule has 0 spiro atoms. The van der Waals surface area contributed by atoms with Crippen LogP contribution in [0.2, 0.25) is 0 Å². The molecule has 8 aromatic carbocycles. The number of methoxy groups -OCH3 is 1. The van der Waals surface area contributed by atoms with Gasteiger partial charge in [0.15, 0.2) is 5.76 Å². The van der Waals surface area contributed by atoms with Crippen LogP contribution in [-0.4, -0.2) is 52.6 Å². The molecule has 10 aromatic rings. The monoisotopic (exact) mass is 957 g/mol. The van der Waals surface area contributed by atoms with Crippen molar-refractivity contribution in [1.82, 2.24) is 14.5 Å². The fraction of sp³-hybridized carbons (Fsp3) is 0.148. The molecule has 1 aliphatic heterocycles. The molecule has 0 atom stereocenters. The van der Waals surface area contributed by atoms with Crippen molar-refractivity contribution in [2.75, 3.05) is 21.3 Å². The van der Waals surface area contributed by atoms with E-state index in [0.29, 0.717) is 88.0 Å². The van der Waals surface area contributed by atoms with Gasteiger partial charge in [0.25, 0.3) is 11.8 Å². The molecular weight excluding hydrogens is 903 g/mol. The first-order valence-corrected chi connectivity index (χ1v) is 23.6. The molecule has 0 saturated carbocycles. The van der Waals surface area contributed by atoms with Gasteiger partial charge in [-0.05, 0) is 59.0 Å². The van der Waals surface area contributed by atoms with E-state index in [1.165, 1.54) is 17.5 Å². The normalized spacial score (nSPS) is 12.3. The lowest BCUT2D eigenvalue weighted by molar-refractivity contribution is 0.0694. The van der Waals surface area contributed by atoms with Crippen molar-refractivity contribution in [1.29, 1.82) is 0 Å². The van der Waals surface area contributed by atoms with Crippen molar-refractivity contribution in [3.63, 3.8) is 0 Å². The molecule has 3 heterocycles. The van der Waals surface area contributed by atoms with Gasteiger partial charge in [-0.25, -0.2) is 0 Å². The number of aromatic amines is 1. The lowest BCUT2D eigenvalue weighted by Gasteiger charge is -2.19. The van der Waals surface area contributed by atoms with E-state index in [9.17, 15) is 9.59 Å². The van der Waals surface area contributed by atoms with Gasteiger partial charge >= 0.3 is 0 Å². The summed E-state index contributed by atoms with van der Waals surface area (Å²) >= 11 is 0. The first-order valence-electron chi connectivity index (χ1n) is 23.6. The van der Waals surface area contributed by atoms with Crippen LogP contribution in [0, 0.1) is 0 Å². The second kappa shape index (κ2) is 22.4. The smallest absolute Gasteiger partial charge is 0.262 e. The second-order valence-electron chi connectivity index (χ2n) is 17.1. The number of H-pyrrole nitrogens is 1. The number of ether oxygens (including phenoxy) is 5. The van der Waals surface area contributed by atoms with Crippen LogP contribution in [0.3, 0.4) is 0 Å². The van der Waals surface area contributed by atoms with Gasteiger partial charge in [-0.3, -0.25) is 19.1 Å². The van der Waals surface area contributed by atoms with E-state index in [1.54, 1.807) is 7.11 Å². The lowest BCUT2D eigenvalue weighted by Crippen LogP contribution is -2.24. The molecule has 0 aliphatic carbocycles. The number of carbonyl (C=O) groups is 2. The van der Waals surface area contributed by atoms with Crippen molar-refractivity contribution in [3.05, 3.63) is 233 Å². The summed E-state index contributed by atoms with van der Waals surface area (Å²) in [6.07, 6.45) is 0. The Balaban J connectivity index is 0.000000522. The SMILES string of the molecule is C/C(OCc1ccccc1)=C(\OCc1ccccc1)n1c2cc(OCc3ccccc3)ccc2c2c3c(c4c5ccc(OCc6ccccc6)cc5[nH]c4c21)C(=O)N(C)C3=O.CO.COCc1ccccc1. The van der Waals surface area contributed by atoms with Crippen molar-refractivity contribution in [3.8, 4) is 11.5 Å². The number of aliphatic hydroxyl groups excluding tert-OH is 1. The summed E-state index contributed by atoms with van der Waals surface area (Å²) in [6, 6.07) is 61.7. The summed E-state index contributed by atoms with van der Waals surface area (Å²) < 4.78 is 33.1. The van der Waals surface area contributed by atoms with E-state index in [0.717, 1.165) is 45.7 Å². The lowest BCUT2D eigenvalue weighted by atomic mass is 9.96. The number of imide groups is 1. The van der Waals surface area contributed by atoms with Crippen LogP contribution in [0.15, 0.2) is 194 Å². The highest BCUT2D eigenvalue weighted by molar-refractivity contribution is 6.39. The maximum Gasteiger partial charge on any atom is 0.262 e. The van der Waals surface area contributed by atoms with Crippen molar-refractivity contribution < 1.29 is 38.4 Å². The summed E-state index contributed by atoms with van der Waals surface area (Å²) in [7, 11) is 4.24. The summed E-state index contributed by atoms with van der Waals surface area (Å²) in [4.78, 5) is 33.6. The number of hydrogen-bond acceptors (Lipinski definition) is 8. The molecule has 0 unspecified atom stereocenters. The standard InChI is InChI=1S/C52H41N3O6.C8H10O.CH4O/c1-33(58-29-34-15-7-3-8-16-34)52(61-32-37-21-13-6-14-22-37)55-43-28-39(60-31-36-19-11-5-12-20-36)24-26-41(43)45-47-46(50(56)54(2)51(47)57)44-40-25-23-38(27-42(40)53-48(44)49(45)55)59-30-35-17-9-4-10-18-35;1-9-7-8-5-3-2-4-6-8;1-2/h3-28,53H,29-32H2,1-2H3;2-6H,7H2,1H3;2H,1H3/b52-33+;;. The third kappa shape index (κ3) is 10.2. The number of benzene rings is 8. The third-order valence-corrected chi connectivity index (χ3v) is 12.4. The Labute approximate surface area is 418 Å². The number of aromatic nitrogens is 2. The molecule has 0 fully saturated rings. The molecule has 2 amide bonds. The molecule has 2 N–H and O–H groups in total. The molecule has 11 nitrogen and oxygen atoms in total. The molecule has 0 bridgehead atoms. The molecule has 0 radical (unpaired) electrons. The van der Waals surface area contributed by atoms with E-state index >= 15 is 0 Å². The zero-order chi connectivity index (χ0) is 50.0. The minimum absolute atomic E-state index is 0.233. The van der Waals surface area contributed by atoms with Crippen LogP contribution in [-0.2, 0) is 47.2 Å². The van der Waals surface area contributed by atoms with E-state index in [2.05, 4.69) is 4.98 Å². The van der Waals surface area contributed by atoms with E-state index in [-0.39, 0.29) is 18.4 Å². The minimum atomic E-state index is -0.375. The van der Waals surface area contributed by atoms with Gasteiger partial charge in [0.2, 0.25) is 5.88 Å². The van der Waals surface area contributed by atoms with Gasteiger partial charge in [0.1, 0.15) is 37.9 Å². The number of nitrogens with one attached hydrogen (secondary N) is 1. The summed E-state index contributed by atoms with van der Waals surface area (Å²) in [5.41, 5.74) is 8.74. The Morgan fingerprint density at radius 3 is 1.44 bits per heavy atom. The number of hydrogen-bond donors (Lipinski definition) is 2. The maximum absolute atomic E-state index is 14.4. The Kier molecular flexibility index (Phi) is 15.1. The number of fused-ring (bicyclic) bond motifs is 10. The van der Waals surface area contributed by atoms with Gasteiger partial charge in [-0.1, -0.05) is 152 Å². The number of amides is 2. The predicted molar refractivity (Wildman–Crippen MR) is 283 cm³/mol. The number of nitrogens with zero attached hydrogens (tertiary/aromatic N) is 2. The number of allylic oxidation sites excluding steroid dienone is 1. The quantitative estimate of drug-likeness (QED) is 0.0769. The number of aliphatic hydroxyl groups is 1. The zero-order valence-electron chi connectivity index (χ0n) is 40.6. The van der Waals surface area contributed by atoms with E-state index in [1.807, 2.05) is 200 Å². The fourth-order valence-corrected chi connectivity index (χ4v) is 8.97. The van der Waals surface area contributed by atoms with Crippen LogP contribution in [0.1, 0.15) is 55.5 Å². The Morgan fingerprint density at radius 1 is 0.514 bits per heavy atom. The zero-order valence-corrected chi connectivity index (χ0v) is 40.6. The molecule has 11 heteroatoms. The highest BCUT2D eigenvalue weighted by Crippen LogP contribution is 2.47. The number of carbonyl (C=O) groups excluding carboxylic acids is 2. The van der Waals surface area contributed by atoms with Gasteiger partial charge in [-0.2, -0.15) is 0 Å². The highest BCUT2D eigenvalue weighted by atomic mass is 16.5. The van der Waals surface area contributed by atoms with Gasteiger partial charge < -0.3 is 33.8 Å². The van der Waals surface area contributed by atoms with Crippen molar-refractivity contribution >= 4 is 61.3 Å². The molecule has 362 valence electrons. The van der Waals surface area contributed by atoms with Crippen LogP contribution in [0.4, 0.5) is 0 Å². The van der Waals surface area contributed by atoms with Crippen LogP contribution < -0.4 is 9.47 Å². The van der Waals surface area contributed by atoms with Gasteiger partial charge in [0.05, 0.1) is 39.8 Å². The first-order chi connectivity index (χ1) is 35.4. The summed E-state index contributed by atoms with van der Waals surface area (Å²) in [5.74, 6) is 1.50. The average Bonchev–Trinajstić information content (AvgIpc) is 4.05. The molecule has 11 rings (SSSR count). The maximum atomic E-state index is 14.4.